The van der Waals surface area contributed by atoms with Crippen LogP contribution in [0, 0.1) is 6.92 Å². The number of benzene rings is 1. The van der Waals surface area contributed by atoms with Crippen LogP contribution >= 0.6 is 0 Å². The van der Waals surface area contributed by atoms with Crippen LogP contribution in [-0.4, -0.2) is 27.0 Å². The van der Waals surface area contributed by atoms with Crippen molar-refractivity contribution in [3.05, 3.63) is 53.5 Å². The Kier molecular flexibility index (Phi) is 3.71. The summed E-state index contributed by atoms with van der Waals surface area (Å²) in [6.45, 7) is 6.42. The number of rotatable bonds is 4. The molecule has 0 saturated carbocycles. The van der Waals surface area contributed by atoms with Crippen molar-refractivity contribution in [1.82, 2.24) is 15.0 Å². The third-order valence-corrected chi connectivity index (χ3v) is 3.71. The van der Waals surface area contributed by atoms with E-state index in [1.165, 1.54) is 0 Å². The molecule has 0 unspecified atom stereocenters. The zero-order chi connectivity index (χ0) is 15.7. The Morgan fingerprint density at radius 1 is 1.32 bits per heavy atom. The molecule has 5 heteroatoms. The number of carbonyl (C=O) groups is 1. The topological polar surface area (TPSA) is 62.1 Å². The third kappa shape index (κ3) is 2.74. The van der Waals surface area contributed by atoms with Gasteiger partial charge >= 0.3 is 0 Å². The van der Waals surface area contributed by atoms with Crippen LogP contribution < -0.4 is 0 Å². The van der Waals surface area contributed by atoms with E-state index in [0.717, 1.165) is 16.5 Å². The van der Waals surface area contributed by atoms with E-state index in [2.05, 4.69) is 10.1 Å². The van der Waals surface area contributed by atoms with Gasteiger partial charge in [0.2, 0.25) is 0 Å². The summed E-state index contributed by atoms with van der Waals surface area (Å²) in [7, 11) is 0. The second-order valence-electron chi connectivity index (χ2n) is 5.78. The van der Waals surface area contributed by atoms with Gasteiger partial charge in [0.15, 0.2) is 5.76 Å². The second kappa shape index (κ2) is 5.67. The molecular formula is C17H19N3O2. The molecule has 1 N–H and O–H groups in total. The number of hydrogen-bond acceptors (Lipinski definition) is 3. The highest BCUT2D eigenvalue weighted by Crippen LogP contribution is 2.19. The first kappa shape index (κ1) is 14.4. The van der Waals surface area contributed by atoms with E-state index in [-0.39, 0.29) is 11.9 Å². The van der Waals surface area contributed by atoms with Crippen LogP contribution in [0.15, 0.2) is 41.1 Å². The second-order valence-corrected chi connectivity index (χ2v) is 5.78. The monoisotopic (exact) mass is 297 g/mol. The standard InChI is InChI=1S/C17H19N3O2/c1-11(2)20(10-14-6-7-18-22-14)17(21)16-9-13-5-4-12(3)8-15(13)19-16/h4-9,11,19H,10H2,1-3H3. The van der Waals surface area contributed by atoms with E-state index in [9.17, 15) is 4.79 Å². The van der Waals surface area contributed by atoms with Gasteiger partial charge in [-0.25, -0.2) is 0 Å². The van der Waals surface area contributed by atoms with Gasteiger partial charge in [-0.3, -0.25) is 4.79 Å². The molecule has 0 aliphatic rings. The summed E-state index contributed by atoms with van der Waals surface area (Å²) in [6.07, 6.45) is 1.59. The van der Waals surface area contributed by atoms with Crippen molar-refractivity contribution >= 4 is 16.8 Å². The molecule has 22 heavy (non-hydrogen) atoms. The fourth-order valence-corrected chi connectivity index (χ4v) is 2.49. The van der Waals surface area contributed by atoms with E-state index in [4.69, 9.17) is 4.52 Å². The van der Waals surface area contributed by atoms with Crippen molar-refractivity contribution in [3.8, 4) is 0 Å². The smallest absolute Gasteiger partial charge is 0.270 e. The minimum atomic E-state index is -0.0414. The SMILES string of the molecule is Cc1ccc2cc(C(=O)N(Cc3ccno3)C(C)C)[nH]c2c1. The summed E-state index contributed by atoms with van der Waals surface area (Å²) in [5, 5.41) is 4.73. The van der Waals surface area contributed by atoms with Gasteiger partial charge in [0.1, 0.15) is 5.69 Å². The maximum absolute atomic E-state index is 12.8. The molecule has 0 spiro atoms. The number of amides is 1. The van der Waals surface area contributed by atoms with Crippen LogP contribution in [-0.2, 0) is 6.54 Å². The zero-order valence-electron chi connectivity index (χ0n) is 13.0. The van der Waals surface area contributed by atoms with Gasteiger partial charge in [-0.15, -0.1) is 0 Å². The van der Waals surface area contributed by atoms with Gasteiger partial charge in [0, 0.05) is 23.0 Å². The highest BCUT2D eigenvalue weighted by molar-refractivity contribution is 5.98. The molecule has 3 rings (SSSR count). The van der Waals surface area contributed by atoms with E-state index in [1.54, 1.807) is 17.2 Å². The molecule has 0 bridgehead atoms. The molecule has 0 aliphatic carbocycles. The number of nitrogens with one attached hydrogen (secondary N) is 1. The summed E-state index contributed by atoms with van der Waals surface area (Å²) < 4.78 is 5.12. The van der Waals surface area contributed by atoms with Crippen molar-refractivity contribution < 1.29 is 9.32 Å². The molecule has 2 heterocycles. The number of aromatic amines is 1. The highest BCUT2D eigenvalue weighted by Gasteiger charge is 2.22. The minimum Gasteiger partial charge on any atom is -0.360 e. The van der Waals surface area contributed by atoms with E-state index < -0.39 is 0 Å². The molecule has 2 aromatic heterocycles. The molecule has 0 fully saturated rings. The van der Waals surface area contributed by atoms with Gasteiger partial charge in [0.25, 0.3) is 5.91 Å². The molecule has 0 aliphatic heterocycles. The summed E-state index contributed by atoms with van der Waals surface area (Å²) in [5.74, 6) is 0.634. The summed E-state index contributed by atoms with van der Waals surface area (Å²) in [5.41, 5.74) is 2.73. The predicted octanol–water partition coefficient (Wildman–Crippen LogP) is 3.52. The average Bonchev–Trinajstić information content (AvgIpc) is 3.12. The molecule has 0 saturated heterocycles. The Labute approximate surface area is 128 Å². The predicted molar refractivity (Wildman–Crippen MR) is 84.5 cm³/mol. The normalized spacial score (nSPS) is 11.3. The Hall–Kier alpha value is -2.56. The number of H-pyrrole nitrogens is 1. The van der Waals surface area contributed by atoms with Crippen molar-refractivity contribution in [1.29, 1.82) is 0 Å². The van der Waals surface area contributed by atoms with Crippen LogP contribution in [0.2, 0.25) is 0 Å². The van der Waals surface area contributed by atoms with Crippen LogP contribution in [0.1, 0.15) is 35.7 Å². The lowest BCUT2D eigenvalue weighted by molar-refractivity contribution is 0.0666. The highest BCUT2D eigenvalue weighted by atomic mass is 16.5. The van der Waals surface area contributed by atoms with Crippen LogP contribution in [0.3, 0.4) is 0 Å². The third-order valence-electron chi connectivity index (χ3n) is 3.71. The number of aryl methyl sites for hydroxylation is 1. The summed E-state index contributed by atoms with van der Waals surface area (Å²) in [6, 6.07) is 9.84. The molecule has 114 valence electrons. The lowest BCUT2D eigenvalue weighted by atomic mass is 10.2. The molecule has 3 aromatic rings. The molecule has 0 radical (unpaired) electrons. The van der Waals surface area contributed by atoms with E-state index >= 15 is 0 Å². The average molecular weight is 297 g/mol. The maximum Gasteiger partial charge on any atom is 0.270 e. The van der Waals surface area contributed by atoms with Crippen molar-refractivity contribution in [2.75, 3.05) is 0 Å². The minimum absolute atomic E-state index is 0.0414. The van der Waals surface area contributed by atoms with Crippen LogP contribution in [0.5, 0.6) is 0 Å². The number of nitrogens with zero attached hydrogens (tertiary/aromatic N) is 2. The quantitative estimate of drug-likeness (QED) is 0.801. The number of hydrogen-bond donors (Lipinski definition) is 1. The van der Waals surface area contributed by atoms with Crippen molar-refractivity contribution in [3.63, 3.8) is 0 Å². The Bertz CT molecular complexity index is 787. The fourth-order valence-electron chi connectivity index (χ4n) is 2.49. The largest absolute Gasteiger partial charge is 0.360 e. The molecule has 1 aromatic carbocycles. The first-order valence-corrected chi connectivity index (χ1v) is 7.34. The summed E-state index contributed by atoms with van der Waals surface area (Å²) >= 11 is 0. The Morgan fingerprint density at radius 3 is 2.82 bits per heavy atom. The van der Waals surface area contributed by atoms with Gasteiger partial charge in [0.05, 0.1) is 12.7 Å². The fraction of sp³-hybridized carbons (Fsp3) is 0.294. The zero-order valence-corrected chi connectivity index (χ0v) is 13.0. The van der Waals surface area contributed by atoms with Gasteiger partial charge in [-0.2, -0.15) is 0 Å². The van der Waals surface area contributed by atoms with Crippen LogP contribution in [0.25, 0.3) is 10.9 Å². The molecule has 5 nitrogen and oxygen atoms in total. The van der Waals surface area contributed by atoms with Gasteiger partial charge < -0.3 is 14.4 Å². The van der Waals surface area contributed by atoms with Crippen molar-refractivity contribution in [2.45, 2.75) is 33.4 Å². The number of aromatic nitrogens is 2. The molecular weight excluding hydrogens is 278 g/mol. The van der Waals surface area contributed by atoms with Gasteiger partial charge in [-0.05, 0) is 38.5 Å². The Morgan fingerprint density at radius 2 is 2.14 bits per heavy atom. The first-order chi connectivity index (χ1) is 10.5. The van der Waals surface area contributed by atoms with E-state index in [1.807, 2.05) is 45.0 Å². The van der Waals surface area contributed by atoms with E-state index in [0.29, 0.717) is 18.0 Å². The number of carbonyl (C=O) groups excluding carboxylic acids is 1. The number of fused-ring (bicyclic) bond motifs is 1. The van der Waals surface area contributed by atoms with Crippen LogP contribution in [0.4, 0.5) is 0 Å². The molecule has 1 amide bonds. The van der Waals surface area contributed by atoms with Crippen molar-refractivity contribution in [2.24, 2.45) is 0 Å². The Balaban J connectivity index is 1.91. The first-order valence-electron chi connectivity index (χ1n) is 7.34. The molecule has 0 atom stereocenters. The lowest BCUT2D eigenvalue weighted by Gasteiger charge is -2.25. The van der Waals surface area contributed by atoms with Gasteiger partial charge in [-0.1, -0.05) is 17.3 Å². The maximum atomic E-state index is 12.8. The lowest BCUT2D eigenvalue weighted by Crippen LogP contribution is -2.36. The summed E-state index contributed by atoms with van der Waals surface area (Å²) in [4.78, 5) is 17.8.